The maximum atomic E-state index is 13.4. The van der Waals surface area contributed by atoms with Crippen LogP contribution < -0.4 is 0 Å². The van der Waals surface area contributed by atoms with Gasteiger partial charge in [-0.3, -0.25) is 0 Å². The number of halogens is 2. The van der Waals surface area contributed by atoms with Crippen LogP contribution in [-0.4, -0.2) is 11.2 Å². The normalized spacial score (nSPS) is 9.88. The predicted octanol–water partition coefficient (Wildman–Crippen LogP) is 3.10. The van der Waals surface area contributed by atoms with Gasteiger partial charge in [0.15, 0.2) is 0 Å². The lowest BCUT2D eigenvalue weighted by molar-refractivity contribution is 0.431. The van der Waals surface area contributed by atoms with Gasteiger partial charge in [-0.05, 0) is 12.1 Å². The first-order valence-electron chi connectivity index (χ1n) is 4.22. The number of carbonyl (C=O) groups excluding carboxylic acids is 1. The summed E-state index contributed by atoms with van der Waals surface area (Å²) in [5.41, 5.74) is 0.289. The summed E-state index contributed by atoms with van der Waals surface area (Å²) in [5, 5.41) is 3.53. The van der Waals surface area contributed by atoms with Crippen LogP contribution in [0.5, 0.6) is 0 Å². The quantitative estimate of drug-likeness (QED) is 0.597. The van der Waals surface area contributed by atoms with E-state index >= 15 is 0 Å². The Bertz CT molecular complexity index is 576. The molecule has 0 saturated heterocycles. The molecule has 6 heteroatoms. The molecule has 0 saturated carbocycles. The number of isocyanates is 1. The summed E-state index contributed by atoms with van der Waals surface area (Å²) in [6.07, 6.45) is 1.27. The molecular formula is C10H4ClFN2O2. The van der Waals surface area contributed by atoms with E-state index in [1.807, 2.05) is 0 Å². The largest absolute Gasteiger partial charge is 0.333 e. The van der Waals surface area contributed by atoms with E-state index in [0.717, 1.165) is 0 Å². The zero-order valence-corrected chi connectivity index (χ0v) is 8.53. The highest BCUT2D eigenvalue weighted by Gasteiger charge is 2.17. The molecule has 1 heterocycles. The van der Waals surface area contributed by atoms with Crippen LogP contribution in [0.2, 0.25) is 5.02 Å². The van der Waals surface area contributed by atoms with Crippen LogP contribution in [0, 0.1) is 5.82 Å². The topological polar surface area (TPSA) is 55.5 Å². The average molecular weight is 239 g/mol. The summed E-state index contributed by atoms with van der Waals surface area (Å²) in [7, 11) is 0. The van der Waals surface area contributed by atoms with Gasteiger partial charge in [0.05, 0.1) is 0 Å². The van der Waals surface area contributed by atoms with Crippen molar-refractivity contribution in [2.24, 2.45) is 4.99 Å². The van der Waals surface area contributed by atoms with Crippen LogP contribution in [0.1, 0.15) is 0 Å². The van der Waals surface area contributed by atoms with E-state index in [0.29, 0.717) is 0 Å². The van der Waals surface area contributed by atoms with Gasteiger partial charge in [-0.2, -0.15) is 0 Å². The van der Waals surface area contributed by atoms with E-state index in [2.05, 4.69) is 14.7 Å². The van der Waals surface area contributed by atoms with Gasteiger partial charge in [-0.15, -0.1) is 4.99 Å². The number of rotatable bonds is 2. The Kier molecular flexibility index (Phi) is 2.81. The second kappa shape index (κ2) is 4.26. The molecule has 16 heavy (non-hydrogen) atoms. The summed E-state index contributed by atoms with van der Waals surface area (Å²) in [4.78, 5) is 13.2. The molecule has 0 aliphatic rings. The Balaban J connectivity index is 2.58. The van der Waals surface area contributed by atoms with Gasteiger partial charge in [0, 0.05) is 5.56 Å². The van der Waals surface area contributed by atoms with Crippen molar-refractivity contribution in [2.45, 2.75) is 0 Å². The van der Waals surface area contributed by atoms with Crippen molar-refractivity contribution in [1.82, 2.24) is 5.16 Å². The van der Waals surface area contributed by atoms with Crippen LogP contribution in [0.4, 0.5) is 10.3 Å². The molecule has 2 aromatic rings. The maximum Gasteiger partial charge on any atom is 0.280 e. The average Bonchev–Trinajstić information content (AvgIpc) is 2.62. The maximum absolute atomic E-state index is 13.4. The summed E-state index contributed by atoms with van der Waals surface area (Å²) in [5.74, 6) is -0.672. The molecular weight excluding hydrogens is 235 g/mol. The Morgan fingerprint density at radius 1 is 1.44 bits per heavy atom. The van der Waals surface area contributed by atoms with Crippen molar-refractivity contribution in [1.29, 1.82) is 0 Å². The zero-order chi connectivity index (χ0) is 11.5. The summed E-state index contributed by atoms with van der Waals surface area (Å²) >= 11 is 5.81. The monoisotopic (exact) mass is 238 g/mol. The molecule has 80 valence electrons. The van der Waals surface area contributed by atoms with Gasteiger partial charge in [0.1, 0.15) is 16.5 Å². The molecule has 0 radical (unpaired) electrons. The fraction of sp³-hybridized carbons (Fsp3) is 0. The molecule has 0 atom stereocenters. The van der Waals surface area contributed by atoms with Crippen molar-refractivity contribution in [3.05, 3.63) is 35.1 Å². The molecule has 1 aromatic heterocycles. The van der Waals surface area contributed by atoms with Crippen LogP contribution in [0.3, 0.4) is 0 Å². The van der Waals surface area contributed by atoms with Gasteiger partial charge < -0.3 is 4.52 Å². The third-order valence-electron chi connectivity index (χ3n) is 1.90. The highest BCUT2D eigenvalue weighted by Crippen LogP contribution is 2.35. The van der Waals surface area contributed by atoms with E-state index in [-0.39, 0.29) is 22.2 Å². The number of benzene rings is 1. The second-order valence-electron chi connectivity index (χ2n) is 2.83. The Labute approximate surface area is 94.3 Å². The summed E-state index contributed by atoms with van der Waals surface area (Å²) in [6, 6.07) is 5.93. The third-order valence-corrected chi connectivity index (χ3v) is 2.24. The second-order valence-corrected chi connectivity index (χ2v) is 3.21. The minimum Gasteiger partial charge on any atom is -0.333 e. The van der Waals surface area contributed by atoms with Gasteiger partial charge in [-0.1, -0.05) is 28.9 Å². The number of nitrogens with zero attached hydrogens (tertiary/aromatic N) is 2. The highest BCUT2D eigenvalue weighted by atomic mass is 35.5. The van der Waals surface area contributed by atoms with Gasteiger partial charge >= 0.3 is 0 Å². The first kappa shape index (κ1) is 10.5. The van der Waals surface area contributed by atoms with Gasteiger partial charge in [0.2, 0.25) is 6.08 Å². The lowest BCUT2D eigenvalue weighted by Crippen LogP contribution is -1.83. The Hall–Kier alpha value is -1.97. The molecule has 0 aliphatic carbocycles. The van der Waals surface area contributed by atoms with Crippen molar-refractivity contribution < 1.29 is 13.7 Å². The third kappa shape index (κ3) is 1.74. The van der Waals surface area contributed by atoms with Crippen LogP contribution in [0.15, 0.2) is 33.8 Å². The molecule has 4 nitrogen and oxygen atoms in total. The SMILES string of the molecule is O=C=Nc1onc(-c2ccccc2F)c1Cl. The van der Waals surface area contributed by atoms with E-state index in [9.17, 15) is 9.18 Å². The van der Waals surface area contributed by atoms with Gasteiger partial charge in [-0.25, -0.2) is 9.18 Å². The molecule has 2 rings (SSSR count). The molecule has 0 amide bonds. The van der Waals surface area contributed by atoms with Crippen molar-refractivity contribution >= 4 is 23.6 Å². The Morgan fingerprint density at radius 3 is 2.88 bits per heavy atom. The molecule has 0 N–H and O–H groups in total. The van der Waals surface area contributed by atoms with Crippen molar-refractivity contribution in [3.63, 3.8) is 0 Å². The minimum atomic E-state index is -0.487. The number of hydrogen-bond acceptors (Lipinski definition) is 4. The minimum absolute atomic E-state index is 0.0200. The number of aliphatic imine (C=N–C) groups is 1. The highest BCUT2D eigenvalue weighted by molar-refractivity contribution is 6.35. The Morgan fingerprint density at radius 2 is 2.19 bits per heavy atom. The first-order valence-corrected chi connectivity index (χ1v) is 4.59. The lowest BCUT2D eigenvalue weighted by atomic mass is 10.1. The first-order chi connectivity index (χ1) is 7.74. The molecule has 0 aliphatic heterocycles. The molecule has 0 fully saturated rings. The van der Waals surface area contributed by atoms with Gasteiger partial charge in [0.25, 0.3) is 5.88 Å². The van der Waals surface area contributed by atoms with E-state index < -0.39 is 5.82 Å². The molecule has 0 spiro atoms. The van der Waals surface area contributed by atoms with E-state index in [1.54, 1.807) is 6.07 Å². The predicted molar refractivity (Wildman–Crippen MR) is 54.7 cm³/mol. The van der Waals surface area contributed by atoms with E-state index in [1.165, 1.54) is 24.3 Å². The molecule has 0 unspecified atom stereocenters. The standard InChI is InChI=1S/C10H4ClFN2O2/c11-8-9(14-16-10(8)13-5-15)6-3-1-2-4-7(6)12/h1-4H. The van der Waals surface area contributed by atoms with Crippen LogP contribution in [-0.2, 0) is 4.79 Å². The van der Waals surface area contributed by atoms with E-state index in [4.69, 9.17) is 11.6 Å². The number of aromatic nitrogens is 1. The summed E-state index contributed by atoms with van der Waals surface area (Å²) in [6.45, 7) is 0. The summed E-state index contributed by atoms with van der Waals surface area (Å²) < 4.78 is 18.1. The fourth-order valence-corrected chi connectivity index (χ4v) is 1.41. The van der Waals surface area contributed by atoms with Crippen molar-refractivity contribution in [2.75, 3.05) is 0 Å². The molecule has 0 bridgehead atoms. The van der Waals surface area contributed by atoms with Crippen LogP contribution >= 0.6 is 11.6 Å². The van der Waals surface area contributed by atoms with Crippen molar-refractivity contribution in [3.8, 4) is 11.3 Å². The molecule has 1 aromatic carbocycles. The number of hydrogen-bond donors (Lipinski definition) is 0. The zero-order valence-electron chi connectivity index (χ0n) is 7.78. The fourth-order valence-electron chi connectivity index (χ4n) is 1.20. The van der Waals surface area contributed by atoms with Crippen LogP contribution in [0.25, 0.3) is 11.3 Å². The smallest absolute Gasteiger partial charge is 0.280 e. The lowest BCUT2D eigenvalue weighted by Gasteiger charge is -1.97.